The minimum absolute atomic E-state index is 0. The van der Waals surface area contributed by atoms with E-state index in [1.54, 1.807) is 0 Å². The van der Waals surface area contributed by atoms with Gasteiger partial charge in [0.05, 0.1) is 0 Å². The first-order valence-corrected chi connectivity index (χ1v) is 1.85. The molecule has 0 saturated carbocycles. The average Bonchev–Trinajstić information content (AvgIpc) is 0.722. The van der Waals surface area contributed by atoms with Gasteiger partial charge in [-0.3, -0.25) is 0 Å². The fourth-order valence-electron chi connectivity index (χ4n) is 0. The maximum absolute atomic E-state index is 3.77. The molecule has 0 aliphatic carbocycles. The molecule has 0 aromatic rings. The molecule has 0 N–H and O–H groups in total. The molecule has 1 radical (unpaired) electrons. The van der Waals surface area contributed by atoms with Crippen LogP contribution in [-0.2, 0) is 0 Å². The van der Waals surface area contributed by atoms with Crippen molar-refractivity contribution in [2.45, 2.75) is 20.8 Å². The van der Waals surface area contributed by atoms with Crippen LogP contribution in [-0.4, -0.2) is 0 Å². The second-order valence-electron chi connectivity index (χ2n) is 2.56. The summed E-state index contributed by atoms with van der Waals surface area (Å²) in [4.78, 5) is 0. The molecule has 39 valence electrons. The zero-order valence-electron chi connectivity index (χ0n) is 4.62. The molecule has 0 atom stereocenters. The Morgan fingerprint density at radius 3 is 1.17 bits per heavy atom. The van der Waals surface area contributed by atoms with Gasteiger partial charge in [0.15, 0.2) is 0 Å². The molecule has 0 unspecified atom stereocenters. The van der Waals surface area contributed by atoms with Crippen LogP contribution in [0.2, 0.25) is 0 Å². The molecular formula is C5H12Cl. The molecule has 0 aliphatic heterocycles. The fourth-order valence-corrected chi connectivity index (χ4v) is 0. The molecule has 0 aliphatic rings. The lowest BCUT2D eigenvalue weighted by molar-refractivity contribution is 0.539. The van der Waals surface area contributed by atoms with E-state index in [1.807, 2.05) is 0 Å². The molecule has 1 heteroatoms. The third kappa shape index (κ3) is 552. The Bertz CT molecular complexity index is 19.4. The molecule has 0 fully saturated rings. The summed E-state index contributed by atoms with van der Waals surface area (Å²) in [5, 5.41) is 0. The predicted molar refractivity (Wildman–Crippen MR) is 32.1 cm³/mol. The van der Waals surface area contributed by atoms with Gasteiger partial charge in [-0.15, -0.1) is 12.4 Å². The van der Waals surface area contributed by atoms with E-state index in [0.717, 1.165) is 0 Å². The summed E-state index contributed by atoms with van der Waals surface area (Å²) in [5.41, 5.74) is 0.250. The summed E-state index contributed by atoms with van der Waals surface area (Å²) in [5.74, 6) is 0. The zero-order chi connectivity index (χ0) is 4.50. The van der Waals surface area contributed by atoms with Crippen molar-refractivity contribution in [3.8, 4) is 0 Å². The maximum atomic E-state index is 3.77. The third-order valence-electron chi connectivity index (χ3n) is 0. The van der Waals surface area contributed by atoms with E-state index in [4.69, 9.17) is 0 Å². The van der Waals surface area contributed by atoms with Gasteiger partial charge >= 0.3 is 0 Å². The molecular weight excluding hydrogens is 95.5 g/mol. The van der Waals surface area contributed by atoms with E-state index < -0.39 is 0 Å². The standard InChI is InChI=1S/C5H11.ClH/c1-5(2,3)4;/h1H2,2-4H3;1H. The van der Waals surface area contributed by atoms with Crippen LogP contribution in [0.3, 0.4) is 0 Å². The summed E-state index contributed by atoms with van der Waals surface area (Å²) < 4.78 is 0. The second-order valence-corrected chi connectivity index (χ2v) is 2.56. The summed E-state index contributed by atoms with van der Waals surface area (Å²) in [7, 11) is 0. The van der Waals surface area contributed by atoms with Gasteiger partial charge in [0.25, 0.3) is 0 Å². The molecule has 0 saturated heterocycles. The van der Waals surface area contributed by atoms with Gasteiger partial charge in [-0.25, -0.2) is 0 Å². The number of hydrogen-bond acceptors (Lipinski definition) is 0. The van der Waals surface area contributed by atoms with Crippen molar-refractivity contribution < 1.29 is 0 Å². The van der Waals surface area contributed by atoms with E-state index in [9.17, 15) is 0 Å². The average molecular weight is 108 g/mol. The summed E-state index contributed by atoms with van der Waals surface area (Å²) in [6, 6.07) is 0. The summed E-state index contributed by atoms with van der Waals surface area (Å²) in [6.07, 6.45) is 0. The predicted octanol–water partition coefficient (Wildman–Crippen LogP) is 2.29. The minimum Gasteiger partial charge on any atom is -0.147 e. The van der Waals surface area contributed by atoms with Crippen LogP contribution >= 0.6 is 12.4 Å². The van der Waals surface area contributed by atoms with E-state index in [1.165, 1.54) is 0 Å². The Labute approximate surface area is 46.4 Å². The Kier molecular flexibility index (Phi) is 3.92. The highest BCUT2D eigenvalue weighted by Gasteiger charge is 1.95. The van der Waals surface area contributed by atoms with Crippen LogP contribution in [0.15, 0.2) is 0 Å². The Morgan fingerprint density at radius 2 is 1.17 bits per heavy atom. The first kappa shape index (κ1) is 9.56. The highest BCUT2D eigenvalue weighted by Crippen LogP contribution is 2.07. The highest BCUT2D eigenvalue weighted by atomic mass is 35.5. The lowest BCUT2D eigenvalue weighted by atomic mass is 10.0. The van der Waals surface area contributed by atoms with Crippen LogP contribution in [0.5, 0.6) is 0 Å². The molecule has 0 bridgehead atoms. The Balaban J connectivity index is 0. The van der Waals surface area contributed by atoms with Crippen LogP contribution in [0.1, 0.15) is 20.8 Å². The van der Waals surface area contributed by atoms with Crippen molar-refractivity contribution in [3.63, 3.8) is 0 Å². The molecule has 0 aromatic carbocycles. The molecule has 0 rings (SSSR count). The number of rotatable bonds is 0. The molecule has 0 heterocycles. The minimum atomic E-state index is 0. The van der Waals surface area contributed by atoms with Crippen LogP contribution in [0.25, 0.3) is 0 Å². The quantitative estimate of drug-likeness (QED) is 0.446. The molecule has 0 aromatic heterocycles. The topological polar surface area (TPSA) is 0 Å². The maximum Gasteiger partial charge on any atom is -0.0382 e. The van der Waals surface area contributed by atoms with E-state index in [0.29, 0.717) is 0 Å². The van der Waals surface area contributed by atoms with E-state index in [2.05, 4.69) is 27.7 Å². The monoisotopic (exact) mass is 107 g/mol. The van der Waals surface area contributed by atoms with Crippen molar-refractivity contribution in [3.05, 3.63) is 6.92 Å². The van der Waals surface area contributed by atoms with E-state index in [-0.39, 0.29) is 17.8 Å². The van der Waals surface area contributed by atoms with Crippen molar-refractivity contribution in [2.24, 2.45) is 5.41 Å². The molecule has 0 nitrogen and oxygen atoms in total. The largest absolute Gasteiger partial charge is 0.147 e. The normalized spacial score (nSPS) is 10.0. The van der Waals surface area contributed by atoms with Gasteiger partial charge in [-0.2, -0.15) is 0 Å². The first-order chi connectivity index (χ1) is 2.00. The van der Waals surface area contributed by atoms with Gasteiger partial charge in [-0.05, 0) is 12.3 Å². The van der Waals surface area contributed by atoms with Crippen LogP contribution in [0, 0.1) is 12.3 Å². The van der Waals surface area contributed by atoms with Crippen LogP contribution in [0.4, 0.5) is 0 Å². The molecule has 6 heavy (non-hydrogen) atoms. The highest BCUT2D eigenvalue weighted by molar-refractivity contribution is 5.85. The van der Waals surface area contributed by atoms with Gasteiger partial charge < -0.3 is 0 Å². The van der Waals surface area contributed by atoms with Gasteiger partial charge in [0, 0.05) is 0 Å². The number of hydrogen-bond donors (Lipinski definition) is 0. The Morgan fingerprint density at radius 1 is 1.17 bits per heavy atom. The lowest BCUT2D eigenvalue weighted by Crippen LogP contribution is -1.94. The van der Waals surface area contributed by atoms with Crippen LogP contribution < -0.4 is 0 Å². The molecule has 0 spiro atoms. The smallest absolute Gasteiger partial charge is 0.0382 e. The molecule has 0 amide bonds. The summed E-state index contributed by atoms with van der Waals surface area (Å²) in [6.45, 7) is 10.0. The fraction of sp³-hybridized carbons (Fsp3) is 0.800. The van der Waals surface area contributed by atoms with Crippen molar-refractivity contribution in [2.75, 3.05) is 0 Å². The zero-order valence-corrected chi connectivity index (χ0v) is 5.43. The van der Waals surface area contributed by atoms with Gasteiger partial charge in [0.2, 0.25) is 0 Å². The SMILES string of the molecule is Cl.[CH2]C(C)(C)C. The lowest BCUT2D eigenvalue weighted by Gasteiger charge is -2.05. The van der Waals surface area contributed by atoms with Gasteiger partial charge in [0.1, 0.15) is 0 Å². The van der Waals surface area contributed by atoms with Crippen molar-refractivity contribution in [1.82, 2.24) is 0 Å². The first-order valence-electron chi connectivity index (χ1n) is 1.85. The van der Waals surface area contributed by atoms with Crippen molar-refractivity contribution in [1.29, 1.82) is 0 Å². The summed E-state index contributed by atoms with van der Waals surface area (Å²) >= 11 is 0. The van der Waals surface area contributed by atoms with E-state index >= 15 is 0 Å². The number of halogens is 1. The second kappa shape index (κ2) is 2.46. The van der Waals surface area contributed by atoms with Crippen molar-refractivity contribution >= 4 is 12.4 Å². The Hall–Kier alpha value is 0.290. The van der Waals surface area contributed by atoms with Gasteiger partial charge in [-0.1, -0.05) is 20.8 Å². The third-order valence-corrected chi connectivity index (χ3v) is 0.